The summed E-state index contributed by atoms with van der Waals surface area (Å²) in [4.78, 5) is 28.5. The van der Waals surface area contributed by atoms with E-state index in [0.717, 1.165) is 36.8 Å². The van der Waals surface area contributed by atoms with Gasteiger partial charge < -0.3 is 15.0 Å². The minimum Gasteiger partial charge on any atom is -0.483 e. The van der Waals surface area contributed by atoms with E-state index in [9.17, 15) is 9.59 Å². The maximum Gasteiger partial charge on any atom is 0.261 e. The molecule has 1 fully saturated rings. The average Bonchev–Trinajstić information content (AvgIpc) is 2.84. The second kappa shape index (κ2) is 12.4. The van der Waals surface area contributed by atoms with E-state index in [2.05, 4.69) is 26.1 Å². The average molecular weight is 499 g/mol. The molecule has 0 spiro atoms. The first-order valence-electron chi connectivity index (χ1n) is 12.8. The van der Waals surface area contributed by atoms with Crippen LogP contribution in [-0.2, 0) is 21.5 Å². The van der Waals surface area contributed by atoms with Crippen LogP contribution < -0.4 is 10.1 Å². The third-order valence-corrected chi connectivity index (χ3v) is 7.05. The first-order valence-corrected chi connectivity index (χ1v) is 13.1. The van der Waals surface area contributed by atoms with E-state index in [-0.39, 0.29) is 36.4 Å². The Morgan fingerprint density at radius 1 is 1.06 bits per heavy atom. The summed E-state index contributed by atoms with van der Waals surface area (Å²) in [5, 5.41) is 3.78. The summed E-state index contributed by atoms with van der Waals surface area (Å²) in [6.07, 6.45) is 5.97. The molecule has 3 rings (SSSR count). The smallest absolute Gasteiger partial charge is 0.261 e. The molecule has 2 amide bonds. The van der Waals surface area contributed by atoms with Gasteiger partial charge in [-0.25, -0.2) is 0 Å². The van der Waals surface area contributed by atoms with Crippen LogP contribution in [0.5, 0.6) is 5.75 Å². The second-order valence-electron chi connectivity index (χ2n) is 10.4. The Balaban J connectivity index is 1.81. The summed E-state index contributed by atoms with van der Waals surface area (Å²) in [6, 6.07) is 14.8. The van der Waals surface area contributed by atoms with Gasteiger partial charge in [0.2, 0.25) is 5.91 Å². The number of ether oxygens (including phenoxy) is 1. The van der Waals surface area contributed by atoms with E-state index < -0.39 is 6.04 Å². The van der Waals surface area contributed by atoms with Crippen molar-refractivity contribution in [2.45, 2.75) is 90.3 Å². The Kier molecular flexibility index (Phi) is 9.62. The quantitative estimate of drug-likeness (QED) is 0.443. The predicted molar refractivity (Wildman–Crippen MR) is 142 cm³/mol. The lowest BCUT2D eigenvalue weighted by atomic mass is 9.86. The van der Waals surface area contributed by atoms with Crippen LogP contribution in [0.3, 0.4) is 0 Å². The number of benzene rings is 2. The van der Waals surface area contributed by atoms with Gasteiger partial charge >= 0.3 is 0 Å². The van der Waals surface area contributed by atoms with Crippen LogP contribution in [0.2, 0.25) is 5.02 Å². The normalized spacial score (nSPS) is 15.3. The van der Waals surface area contributed by atoms with E-state index in [4.69, 9.17) is 16.3 Å². The number of hydrogen-bond donors (Lipinski definition) is 1. The number of hydrogen-bond acceptors (Lipinski definition) is 3. The van der Waals surface area contributed by atoms with E-state index in [1.54, 1.807) is 11.0 Å². The fourth-order valence-corrected chi connectivity index (χ4v) is 4.90. The molecule has 1 saturated carbocycles. The van der Waals surface area contributed by atoms with Crippen LogP contribution in [0.1, 0.15) is 77.3 Å². The van der Waals surface area contributed by atoms with Gasteiger partial charge in [-0.3, -0.25) is 9.59 Å². The van der Waals surface area contributed by atoms with Crippen molar-refractivity contribution < 1.29 is 14.3 Å². The van der Waals surface area contributed by atoms with Gasteiger partial charge in [0.25, 0.3) is 5.91 Å². The molecule has 1 aliphatic rings. The van der Waals surface area contributed by atoms with Crippen molar-refractivity contribution in [2.75, 3.05) is 6.61 Å². The number of carbonyl (C=O) groups excluding carboxylic acids is 2. The number of amides is 2. The minimum atomic E-state index is -0.595. The van der Waals surface area contributed by atoms with Crippen molar-refractivity contribution in [3.8, 4) is 5.75 Å². The molecular weight excluding hydrogens is 460 g/mol. The predicted octanol–water partition coefficient (Wildman–Crippen LogP) is 6.27. The maximum atomic E-state index is 13.6. The van der Waals surface area contributed by atoms with E-state index in [1.165, 1.54) is 6.42 Å². The molecule has 2 aromatic rings. The van der Waals surface area contributed by atoms with Gasteiger partial charge in [-0.2, -0.15) is 0 Å². The number of halogens is 1. The molecular formula is C29H39ClN2O3. The number of para-hydroxylation sites is 1. The first-order chi connectivity index (χ1) is 16.7. The summed E-state index contributed by atoms with van der Waals surface area (Å²) < 4.78 is 6.04. The van der Waals surface area contributed by atoms with Gasteiger partial charge in [0.1, 0.15) is 11.8 Å². The third-order valence-electron chi connectivity index (χ3n) is 6.68. The van der Waals surface area contributed by atoms with Gasteiger partial charge in [0, 0.05) is 17.6 Å². The zero-order chi connectivity index (χ0) is 25.4. The summed E-state index contributed by atoms with van der Waals surface area (Å²) in [5.41, 5.74) is 1.72. The van der Waals surface area contributed by atoms with E-state index in [0.29, 0.717) is 17.2 Å². The molecule has 1 atom stereocenters. The largest absolute Gasteiger partial charge is 0.483 e. The molecule has 0 unspecified atom stereocenters. The van der Waals surface area contributed by atoms with Crippen LogP contribution >= 0.6 is 11.6 Å². The monoisotopic (exact) mass is 498 g/mol. The highest BCUT2D eigenvalue weighted by Gasteiger charge is 2.31. The van der Waals surface area contributed by atoms with Crippen LogP contribution in [0, 0.1) is 0 Å². The molecule has 5 nitrogen and oxygen atoms in total. The lowest BCUT2D eigenvalue weighted by Gasteiger charge is -2.33. The van der Waals surface area contributed by atoms with E-state index >= 15 is 0 Å². The fourth-order valence-electron chi connectivity index (χ4n) is 4.71. The molecule has 6 heteroatoms. The van der Waals surface area contributed by atoms with Crippen molar-refractivity contribution in [3.05, 3.63) is 64.7 Å². The highest BCUT2D eigenvalue weighted by molar-refractivity contribution is 6.31. The van der Waals surface area contributed by atoms with Gasteiger partial charge in [-0.1, -0.05) is 95.0 Å². The topological polar surface area (TPSA) is 58.6 Å². The van der Waals surface area contributed by atoms with Gasteiger partial charge in [0.15, 0.2) is 6.61 Å². The standard InChI is InChI=1S/C29H39ClN2O3/c1-5-25(28(34)31-22-14-7-6-8-15-22)32(19-21-13-9-11-17-24(21)30)27(33)20-35-26-18-12-10-16-23(26)29(2,3)4/h9-13,16-18,22,25H,5-8,14-15,19-20H2,1-4H3,(H,31,34)/t25-/m0/s1. The Morgan fingerprint density at radius 2 is 1.71 bits per heavy atom. The SMILES string of the molecule is CC[C@@H](C(=O)NC1CCCCC1)N(Cc1ccccc1Cl)C(=O)COc1ccccc1C(C)(C)C. The summed E-state index contributed by atoms with van der Waals surface area (Å²) >= 11 is 6.43. The summed E-state index contributed by atoms with van der Waals surface area (Å²) in [5.74, 6) is 0.347. The molecule has 0 aliphatic heterocycles. The van der Waals surface area contributed by atoms with Crippen LogP contribution in [0.15, 0.2) is 48.5 Å². The first kappa shape index (κ1) is 27.1. The Hall–Kier alpha value is -2.53. The molecule has 0 heterocycles. The zero-order valence-electron chi connectivity index (χ0n) is 21.5. The van der Waals surface area contributed by atoms with Crippen molar-refractivity contribution >= 4 is 23.4 Å². The van der Waals surface area contributed by atoms with Crippen molar-refractivity contribution in [1.82, 2.24) is 10.2 Å². The second-order valence-corrected chi connectivity index (χ2v) is 10.8. The lowest BCUT2D eigenvalue weighted by molar-refractivity contribution is -0.143. The number of rotatable bonds is 9. The molecule has 0 saturated heterocycles. The molecule has 1 aliphatic carbocycles. The highest BCUT2D eigenvalue weighted by atomic mass is 35.5. The molecule has 0 radical (unpaired) electrons. The van der Waals surface area contributed by atoms with Crippen molar-refractivity contribution in [1.29, 1.82) is 0 Å². The van der Waals surface area contributed by atoms with E-state index in [1.807, 2.05) is 49.4 Å². The maximum absolute atomic E-state index is 13.6. The fraction of sp³-hybridized carbons (Fsp3) is 0.517. The molecule has 190 valence electrons. The molecule has 35 heavy (non-hydrogen) atoms. The zero-order valence-corrected chi connectivity index (χ0v) is 22.2. The van der Waals surface area contributed by atoms with Crippen molar-refractivity contribution in [3.63, 3.8) is 0 Å². The van der Waals surface area contributed by atoms with Gasteiger partial charge in [0.05, 0.1) is 0 Å². The Labute approximate surface area is 215 Å². The molecule has 2 aromatic carbocycles. The van der Waals surface area contributed by atoms with Gasteiger partial charge in [-0.05, 0) is 47.9 Å². The number of carbonyl (C=O) groups is 2. The molecule has 0 bridgehead atoms. The Bertz CT molecular complexity index is 995. The van der Waals surface area contributed by atoms with Gasteiger partial charge in [-0.15, -0.1) is 0 Å². The van der Waals surface area contributed by atoms with Crippen molar-refractivity contribution in [2.24, 2.45) is 0 Å². The number of nitrogens with zero attached hydrogens (tertiary/aromatic N) is 1. The lowest BCUT2D eigenvalue weighted by Crippen LogP contribution is -2.52. The highest BCUT2D eigenvalue weighted by Crippen LogP contribution is 2.31. The van der Waals surface area contributed by atoms with Crippen LogP contribution in [0.4, 0.5) is 0 Å². The molecule has 1 N–H and O–H groups in total. The minimum absolute atomic E-state index is 0.102. The summed E-state index contributed by atoms with van der Waals surface area (Å²) in [7, 11) is 0. The summed E-state index contributed by atoms with van der Waals surface area (Å²) in [6.45, 7) is 8.38. The molecule has 0 aromatic heterocycles. The third kappa shape index (κ3) is 7.47. The van der Waals surface area contributed by atoms with Crippen LogP contribution in [0.25, 0.3) is 0 Å². The number of nitrogens with one attached hydrogen (secondary N) is 1. The van der Waals surface area contributed by atoms with Crippen LogP contribution in [-0.4, -0.2) is 35.4 Å². The Morgan fingerprint density at radius 3 is 2.37 bits per heavy atom.